The number of fused-ring (bicyclic) bond motifs is 1. The van der Waals surface area contributed by atoms with Crippen LogP contribution in [0.15, 0.2) is 10.4 Å². The van der Waals surface area contributed by atoms with E-state index in [1.165, 1.54) is 19.3 Å². The van der Waals surface area contributed by atoms with Gasteiger partial charge in [0.2, 0.25) is 0 Å². The molecule has 1 aliphatic heterocycles. The lowest BCUT2D eigenvalue weighted by Crippen LogP contribution is -2.38. The van der Waals surface area contributed by atoms with Crippen LogP contribution in [-0.2, 0) is 25.9 Å². The maximum Gasteiger partial charge on any atom is 0.191 e. The van der Waals surface area contributed by atoms with Crippen molar-refractivity contribution in [2.45, 2.75) is 59.0 Å². The van der Waals surface area contributed by atoms with Gasteiger partial charge in [-0.15, -0.1) is 45.5 Å². The summed E-state index contributed by atoms with van der Waals surface area (Å²) in [7, 11) is 0. The number of aryl methyl sites for hydroxylation is 2. The maximum atomic E-state index is 4.68. The second kappa shape index (κ2) is 10.8. The monoisotopic (exact) mass is 489 g/mol. The van der Waals surface area contributed by atoms with Gasteiger partial charge >= 0.3 is 0 Å². The summed E-state index contributed by atoms with van der Waals surface area (Å²) in [6.45, 7) is 7.32. The molecular formula is C17H28IN7S. The lowest BCUT2D eigenvalue weighted by molar-refractivity contribution is 0.605. The third-order valence-electron chi connectivity index (χ3n) is 4.25. The van der Waals surface area contributed by atoms with Gasteiger partial charge in [-0.2, -0.15) is 0 Å². The van der Waals surface area contributed by atoms with Crippen LogP contribution in [-0.4, -0.2) is 38.8 Å². The zero-order chi connectivity index (χ0) is 17.5. The Bertz CT molecular complexity index is 710. The molecule has 2 N–H and O–H groups in total. The average molecular weight is 489 g/mol. The third-order valence-corrected chi connectivity index (χ3v) is 5.07. The van der Waals surface area contributed by atoms with E-state index in [-0.39, 0.29) is 24.0 Å². The summed E-state index contributed by atoms with van der Waals surface area (Å²) in [6.07, 6.45) is 5.61. The second-order valence-electron chi connectivity index (χ2n) is 6.22. The van der Waals surface area contributed by atoms with E-state index in [4.69, 9.17) is 0 Å². The molecule has 0 saturated heterocycles. The molecule has 0 atom stereocenters. The van der Waals surface area contributed by atoms with Crippen LogP contribution < -0.4 is 10.6 Å². The molecule has 0 aliphatic carbocycles. The Balaban J connectivity index is 0.00000243. The van der Waals surface area contributed by atoms with Crippen molar-refractivity contribution in [1.29, 1.82) is 0 Å². The first-order valence-corrected chi connectivity index (χ1v) is 9.98. The van der Waals surface area contributed by atoms with Crippen LogP contribution in [0, 0.1) is 6.92 Å². The summed E-state index contributed by atoms with van der Waals surface area (Å²) in [6, 6.07) is 0. The molecule has 0 radical (unpaired) electrons. The van der Waals surface area contributed by atoms with Crippen LogP contribution in [0.25, 0.3) is 0 Å². The highest BCUT2D eigenvalue weighted by atomic mass is 127. The number of guanidine groups is 1. The highest BCUT2D eigenvalue weighted by Crippen LogP contribution is 2.14. The van der Waals surface area contributed by atoms with Crippen LogP contribution in [0.2, 0.25) is 0 Å². The molecule has 1 aliphatic rings. The van der Waals surface area contributed by atoms with E-state index in [0.717, 1.165) is 60.8 Å². The van der Waals surface area contributed by atoms with Crippen LogP contribution in [0.5, 0.6) is 0 Å². The minimum Gasteiger partial charge on any atom is -0.357 e. The van der Waals surface area contributed by atoms with Crippen LogP contribution in [0.4, 0.5) is 0 Å². The molecule has 0 spiro atoms. The predicted molar refractivity (Wildman–Crippen MR) is 116 cm³/mol. The fraction of sp³-hybridized carbons (Fsp3) is 0.647. The molecule has 0 aromatic carbocycles. The van der Waals surface area contributed by atoms with E-state index in [0.29, 0.717) is 6.54 Å². The van der Waals surface area contributed by atoms with E-state index in [9.17, 15) is 0 Å². The van der Waals surface area contributed by atoms with Gasteiger partial charge in [-0.3, -0.25) is 0 Å². The smallest absolute Gasteiger partial charge is 0.191 e. The molecule has 2 aromatic rings. The Hall–Kier alpha value is -1.23. The number of aromatic nitrogens is 4. The highest BCUT2D eigenvalue weighted by molar-refractivity contribution is 14.0. The molecule has 0 bridgehead atoms. The Morgan fingerprint density at radius 2 is 2.15 bits per heavy atom. The van der Waals surface area contributed by atoms with Crippen molar-refractivity contribution in [2.75, 3.05) is 13.1 Å². The zero-order valence-electron chi connectivity index (χ0n) is 15.5. The molecule has 144 valence electrons. The van der Waals surface area contributed by atoms with Crippen molar-refractivity contribution in [2.24, 2.45) is 4.99 Å². The third kappa shape index (κ3) is 5.90. The summed E-state index contributed by atoms with van der Waals surface area (Å²) >= 11 is 1.69. The quantitative estimate of drug-likeness (QED) is 0.371. The number of hydrogen-bond acceptors (Lipinski definition) is 5. The van der Waals surface area contributed by atoms with Crippen molar-refractivity contribution in [3.63, 3.8) is 0 Å². The van der Waals surface area contributed by atoms with Gasteiger partial charge in [0.15, 0.2) is 11.8 Å². The standard InChI is InChI=1S/C17H27N7S.HI/c1-3-18-17(19-9-8-14-12-25-13(2)21-14)20-11-16-23-22-15-7-5-4-6-10-24(15)16;/h12H,3-11H2,1-2H3,(H2,18,19,20);1H. The number of aliphatic imine (C=N–C) groups is 1. The molecule has 0 amide bonds. The highest BCUT2D eigenvalue weighted by Gasteiger charge is 2.14. The van der Waals surface area contributed by atoms with Crippen LogP contribution >= 0.6 is 35.3 Å². The molecule has 0 unspecified atom stereocenters. The van der Waals surface area contributed by atoms with Gasteiger partial charge in [0.1, 0.15) is 12.4 Å². The van der Waals surface area contributed by atoms with Gasteiger partial charge in [-0.1, -0.05) is 6.42 Å². The van der Waals surface area contributed by atoms with E-state index in [1.807, 2.05) is 6.92 Å². The van der Waals surface area contributed by atoms with Gasteiger partial charge in [0, 0.05) is 37.9 Å². The summed E-state index contributed by atoms with van der Waals surface area (Å²) in [4.78, 5) is 9.18. The van der Waals surface area contributed by atoms with Gasteiger partial charge in [-0.05, 0) is 26.7 Å². The SMILES string of the molecule is CCNC(=NCc1nnc2n1CCCCC2)NCCc1csc(C)n1.I. The molecule has 0 saturated carbocycles. The number of rotatable bonds is 6. The van der Waals surface area contributed by atoms with Crippen LogP contribution in [0.1, 0.15) is 48.5 Å². The Kier molecular flexibility index (Phi) is 8.76. The summed E-state index contributed by atoms with van der Waals surface area (Å²) in [5, 5.41) is 18.6. The predicted octanol–water partition coefficient (Wildman–Crippen LogP) is 2.69. The Morgan fingerprint density at radius 3 is 2.92 bits per heavy atom. The number of nitrogens with one attached hydrogen (secondary N) is 2. The maximum absolute atomic E-state index is 4.68. The summed E-state index contributed by atoms with van der Waals surface area (Å²) in [5.74, 6) is 2.89. The number of nitrogens with zero attached hydrogens (tertiary/aromatic N) is 5. The van der Waals surface area contributed by atoms with Crippen molar-refractivity contribution in [3.05, 3.63) is 27.7 Å². The molecule has 3 heterocycles. The molecule has 9 heteroatoms. The fourth-order valence-corrected chi connectivity index (χ4v) is 3.63. The minimum absolute atomic E-state index is 0. The van der Waals surface area contributed by atoms with E-state index in [1.54, 1.807) is 11.3 Å². The number of hydrogen-bond donors (Lipinski definition) is 2. The first-order valence-electron chi connectivity index (χ1n) is 9.10. The molecule has 26 heavy (non-hydrogen) atoms. The van der Waals surface area contributed by atoms with E-state index in [2.05, 4.69) is 47.7 Å². The molecule has 7 nitrogen and oxygen atoms in total. The van der Waals surface area contributed by atoms with Crippen molar-refractivity contribution in [1.82, 2.24) is 30.4 Å². The second-order valence-corrected chi connectivity index (χ2v) is 7.29. The molecule has 3 rings (SSSR count). The lowest BCUT2D eigenvalue weighted by atomic mass is 10.2. The minimum atomic E-state index is 0. The average Bonchev–Trinajstić information content (AvgIpc) is 3.11. The van der Waals surface area contributed by atoms with Gasteiger partial charge in [0.25, 0.3) is 0 Å². The van der Waals surface area contributed by atoms with Gasteiger partial charge in [0.05, 0.1) is 10.7 Å². The lowest BCUT2D eigenvalue weighted by Gasteiger charge is -2.11. The zero-order valence-corrected chi connectivity index (χ0v) is 18.6. The van der Waals surface area contributed by atoms with Crippen molar-refractivity contribution in [3.8, 4) is 0 Å². The largest absolute Gasteiger partial charge is 0.357 e. The van der Waals surface area contributed by atoms with Gasteiger partial charge < -0.3 is 15.2 Å². The van der Waals surface area contributed by atoms with Crippen molar-refractivity contribution >= 4 is 41.3 Å². The topological polar surface area (TPSA) is 80.0 Å². The van der Waals surface area contributed by atoms with E-state index < -0.39 is 0 Å². The van der Waals surface area contributed by atoms with Gasteiger partial charge in [-0.25, -0.2) is 9.98 Å². The normalized spacial score (nSPS) is 14.3. The first kappa shape index (κ1) is 21.1. The molecule has 2 aromatic heterocycles. The number of halogens is 1. The van der Waals surface area contributed by atoms with Crippen molar-refractivity contribution < 1.29 is 0 Å². The van der Waals surface area contributed by atoms with E-state index >= 15 is 0 Å². The molecule has 0 fully saturated rings. The van der Waals surface area contributed by atoms with Crippen LogP contribution in [0.3, 0.4) is 0 Å². The Labute approximate surface area is 176 Å². The fourth-order valence-electron chi connectivity index (χ4n) is 2.99. The Morgan fingerprint density at radius 1 is 1.27 bits per heavy atom. The molecular weight excluding hydrogens is 461 g/mol. The number of thiazole rings is 1. The first-order chi connectivity index (χ1) is 12.3. The summed E-state index contributed by atoms with van der Waals surface area (Å²) in [5.41, 5.74) is 1.13. The summed E-state index contributed by atoms with van der Waals surface area (Å²) < 4.78 is 2.25.